The maximum atomic E-state index is 9.26. The summed E-state index contributed by atoms with van der Waals surface area (Å²) in [6, 6.07) is 5.78. The van der Waals surface area contributed by atoms with E-state index in [1.807, 2.05) is 17.4 Å². The Morgan fingerprint density at radius 3 is 1.81 bits per heavy atom. The predicted octanol–water partition coefficient (Wildman–Crippen LogP) is 2.40. The summed E-state index contributed by atoms with van der Waals surface area (Å²) in [7, 11) is 1.35. The number of phenolic OH excluding ortho intramolecular Hbond substituents is 1. The van der Waals surface area contributed by atoms with Crippen LogP contribution in [0.1, 0.15) is 25.0 Å². The average molecular weight is 225 g/mol. The van der Waals surface area contributed by atoms with Crippen molar-refractivity contribution in [2.45, 2.75) is 26.7 Å². The van der Waals surface area contributed by atoms with Gasteiger partial charge in [-0.15, -0.1) is 0 Å². The van der Waals surface area contributed by atoms with E-state index in [2.05, 4.69) is 19.9 Å². The number of hydrogen-bond acceptors (Lipinski definition) is 2. The van der Waals surface area contributed by atoms with E-state index < -0.39 is 6.09 Å². The van der Waals surface area contributed by atoms with Gasteiger partial charge < -0.3 is 15.5 Å². The van der Waals surface area contributed by atoms with Crippen LogP contribution in [0.15, 0.2) is 18.2 Å². The maximum absolute atomic E-state index is 9.26. The summed E-state index contributed by atoms with van der Waals surface area (Å²) in [5.41, 5.74) is 2.42. The summed E-state index contributed by atoms with van der Waals surface area (Å²) in [6.45, 7) is 4.18. The second-order valence-electron chi connectivity index (χ2n) is 3.27. The Bertz CT molecular complexity index is 315. The molecule has 1 amide bonds. The number of phenols is 1. The Labute approximate surface area is 95.9 Å². The molecule has 0 aliphatic carbocycles. The Kier molecular flexibility index (Phi) is 6.76. The van der Waals surface area contributed by atoms with Crippen LogP contribution in [0.25, 0.3) is 0 Å². The van der Waals surface area contributed by atoms with Crippen molar-refractivity contribution in [3.8, 4) is 5.75 Å². The molecular formula is C12H19NO3. The molecule has 0 fully saturated rings. The molecule has 0 aliphatic heterocycles. The molecule has 0 heterocycles. The minimum absolute atomic E-state index is 0.390. The molecule has 0 aromatic heterocycles. The Balaban J connectivity index is 0.000000385. The molecule has 0 radical (unpaired) electrons. The van der Waals surface area contributed by atoms with Gasteiger partial charge in [-0.2, -0.15) is 0 Å². The van der Waals surface area contributed by atoms with Gasteiger partial charge in [0, 0.05) is 7.05 Å². The van der Waals surface area contributed by atoms with Crippen LogP contribution in [0.3, 0.4) is 0 Å². The number of hydrogen-bond donors (Lipinski definition) is 3. The predicted molar refractivity (Wildman–Crippen MR) is 63.9 cm³/mol. The van der Waals surface area contributed by atoms with Gasteiger partial charge >= 0.3 is 6.09 Å². The van der Waals surface area contributed by atoms with Crippen LogP contribution < -0.4 is 5.32 Å². The molecule has 0 atom stereocenters. The third kappa shape index (κ3) is 5.90. The molecule has 4 heteroatoms. The standard InChI is InChI=1S/C10H14O.C2H5NO2/c1-3-8-5-9(4-2)7-10(11)6-8;1-3-2(4)5/h5-7,11H,3-4H2,1-2H3;3H,1H3,(H,4,5). The molecule has 0 bridgehead atoms. The van der Waals surface area contributed by atoms with E-state index in [4.69, 9.17) is 5.11 Å². The van der Waals surface area contributed by atoms with Crippen molar-refractivity contribution < 1.29 is 15.0 Å². The fraction of sp³-hybridized carbons (Fsp3) is 0.417. The Morgan fingerprint density at radius 1 is 1.19 bits per heavy atom. The zero-order valence-electron chi connectivity index (χ0n) is 9.95. The number of carboxylic acid groups (broad SMARTS) is 1. The summed E-state index contributed by atoms with van der Waals surface area (Å²) in [5, 5.41) is 18.8. The molecular weight excluding hydrogens is 206 g/mol. The summed E-state index contributed by atoms with van der Waals surface area (Å²) in [6.07, 6.45) is 0.980. The van der Waals surface area contributed by atoms with Gasteiger partial charge in [0.15, 0.2) is 0 Å². The molecule has 3 N–H and O–H groups in total. The Hall–Kier alpha value is -1.71. The lowest BCUT2D eigenvalue weighted by atomic mass is 10.1. The highest BCUT2D eigenvalue weighted by Crippen LogP contribution is 2.16. The number of aromatic hydroxyl groups is 1. The van der Waals surface area contributed by atoms with Crippen molar-refractivity contribution in [1.82, 2.24) is 5.32 Å². The number of nitrogens with one attached hydrogen (secondary N) is 1. The van der Waals surface area contributed by atoms with Gasteiger partial charge in [-0.25, -0.2) is 4.79 Å². The first-order chi connectivity index (χ1) is 7.53. The number of carbonyl (C=O) groups is 1. The molecule has 0 unspecified atom stereocenters. The Morgan fingerprint density at radius 2 is 1.56 bits per heavy atom. The topological polar surface area (TPSA) is 69.6 Å². The van der Waals surface area contributed by atoms with Gasteiger partial charge in [-0.05, 0) is 36.1 Å². The molecule has 0 saturated carbocycles. The molecule has 0 aliphatic rings. The van der Waals surface area contributed by atoms with E-state index in [1.54, 1.807) is 0 Å². The monoisotopic (exact) mass is 225 g/mol. The molecule has 16 heavy (non-hydrogen) atoms. The minimum Gasteiger partial charge on any atom is -0.508 e. The molecule has 0 spiro atoms. The number of aryl methyl sites for hydroxylation is 2. The first-order valence-corrected chi connectivity index (χ1v) is 5.25. The van der Waals surface area contributed by atoms with Gasteiger partial charge in [-0.3, -0.25) is 0 Å². The van der Waals surface area contributed by atoms with Crippen molar-refractivity contribution in [2.24, 2.45) is 0 Å². The zero-order chi connectivity index (χ0) is 12.6. The second-order valence-corrected chi connectivity index (χ2v) is 3.27. The highest BCUT2D eigenvalue weighted by atomic mass is 16.4. The van der Waals surface area contributed by atoms with Crippen LogP contribution in [-0.2, 0) is 12.8 Å². The first kappa shape index (κ1) is 14.3. The highest BCUT2D eigenvalue weighted by molar-refractivity contribution is 5.63. The lowest BCUT2D eigenvalue weighted by Gasteiger charge is -2.01. The summed E-state index contributed by atoms with van der Waals surface area (Å²) >= 11 is 0. The molecule has 1 rings (SSSR count). The number of amides is 1. The summed E-state index contributed by atoms with van der Waals surface area (Å²) < 4.78 is 0. The van der Waals surface area contributed by atoms with E-state index in [9.17, 15) is 9.90 Å². The number of benzene rings is 1. The van der Waals surface area contributed by atoms with Crippen LogP contribution in [0.5, 0.6) is 5.75 Å². The first-order valence-electron chi connectivity index (χ1n) is 5.25. The van der Waals surface area contributed by atoms with Crippen LogP contribution in [-0.4, -0.2) is 23.4 Å². The maximum Gasteiger partial charge on any atom is 0.404 e. The number of rotatable bonds is 2. The lowest BCUT2D eigenvalue weighted by Crippen LogP contribution is -2.13. The normalized spacial score (nSPS) is 8.94. The van der Waals surface area contributed by atoms with Crippen LogP contribution in [0.4, 0.5) is 4.79 Å². The largest absolute Gasteiger partial charge is 0.508 e. The van der Waals surface area contributed by atoms with Crippen molar-refractivity contribution >= 4 is 6.09 Å². The van der Waals surface area contributed by atoms with Gasteiger partial charge in [-0.1, -0.05) is 19.9 Å². The van der Waals surface area contributed by atoms with E-state index in [1.165, 1.54) is 18.2 Å². The van der Waals surface area contributed by atoms with Crippen LogP contribution >= 0.6 is 0 Å². The van der Waals surface area contributed by atoms with Gasteiger partial charge in [0.1, 0.15) is 5.75 Å². The van der Waals surface area contributed by atoms with E-state index >= 15 is 0 Å². The smallest absolute Gasteiger partial charge is 0.404 e. The van der Waals surface area contributed by atoms with Gasteiger partial charge in [0.05, 0.1) is 0 Å². The summed E-state index contributed by atoms with van der Waals surface area (Å²) in [4.78, 5) is 9.26. The minimum atomic E-state index is -0.995. The van der Waals surface area contributed by atoms with Crippen LogP contribution in [0.2, 0.25) is 0 Å². The molecule has 1 aromatic carbocycles. The SMILES string of the molecule is CCc1cc(O)cc(CC)c1.CNC(=O)O. The van der Waals surface area contributed by atoms with E-state index in [0.29, 0.717) is 5.75 Å². The van der Waals surface area contributed by atoms with Crippen molar-refractivity contribution in [1.29, 1.82) is 0 Å². The third-order valence-corrected chi connectivity index (χ3v) is 2.07. The quantitative estimate of drug-likeness (QED) is 0.723. The van der Waals surface area contributed by atoms with Crippen molar-refractivity contribution in [3.05, 3.63) is 29.3 Å². The van der Waals surface area contributed by atoms with Gasteiger partial charge in [0.25, 0.3) is 0 Å². The van der Waals surface area contributed by atoms with Crippen molar-refractivity contribution in [2.75, 3.05) is 7.05 Å². The summed E-state index contributed by atoms with van der Waals surface area (Å²) in [5.74, 6) is 0.390. The third-order valence-electron chi connectivity index (χ3n) is 2.07. The fourth-order valence-electron chi connectivity index (χ4n) is 1.15. The second kappa shape index (κ2) is 7.56. The van der Waals surface area contributed by atoms with Crippen LogP contribution in [0, 0.1) is 0 Å². The molecule has 4 nitrogen and oxygen atoms in total. The molecule has 0 saturated heterocycles. The average Bonchev–Trinajstić information content (AvgIpc) is 2.28. The van der Waals surface area contributed by atoms with E-state index in [-0.39, 0.29) is 0 Å². The van der Waals surface area contributed by atoms with Gasteiger partial charge in [0.2, 0.25) is 0 Å². The highest BCUT2D eigenvalue weighted by Gasteiger charge is 1.95. The zero-order valence-corrected chi connectivity index (χ0v) is 9.95. The molecule has 1 aromatic rings. The molecule has 90 valence electrons. The van der Waals surface area contributed by atoms with E-state index in [0.717, 1.165) is 12.8 Å². The lowest BCUT2D eigenvalue weighted by molar-refractivity contribution is 0.197. The fourth-order valence-corrected chi connectivity index (χ4v) is 1.15. The van der Waals surface area contributed by atoms with Crippen molar-refractivity contribution in [3.63, 3.8) is 0 Å².